The fraction of sp³-hybridized carbons (Fsp3) is 0.444. The minimum atomic E-state index is 0.648. The number of nitrogens with zero attached hydrogens (tertiary/aromatic N) is 1. The van der Waals surface area contributed by atoms with Gasteiger partial charge in [-0.05, 0) is 36.5 Å². The molecule has 11 heavy (non-hydrogen) atoms. The first-order chi connectivity index (χ1) is 5.36. The molecule has 0 unspecified atom stereocenters. The molecule has 0 saturated heterocycles. The van der Waals surface area contributed by atoms with Gasteiger partial charge in [-0.1, -0.05) is 6.42 Å². The van der Waals surface area contributed by atoms with Crippen molar-refractivity contribution in [1.82, 2.24) is 4.98 Å². The molecule has 0 aliphatic heterocycles. The van der Waals surface area contributed by atoms with Crippen molar-refractivity contribution in [2.45, 2.75) is 25.2 Å². The van der Waals surface area contributed by atoms with E-state index in [1.807, 2.05) is 6.07 Å². The number of anilines is 1. The minimum Gasteiger partial charge on any atom is -0.384 e. The lowest BCUT2D eigenvalue weighted by atomic mass is 9.80. The molecule has 1 aromatic heterocycles. The molecule has 1 fully saturated rings. The van der Waals surface area contributed by atoms with E-state index in [1.54, 1.807) is 6.20 Å². The van der Waals surface area contributed by atoms with Crippen LogP contribution in [-0.4, -0.2) is 4.98 Å². The fourth-order valence-electron chi connectivity index (χ4n) is 1.46. The van der Waals surface area contributed by atoms with Crippen LogP contribution >= 0.6 is 0 Å². The number of nitrogens with two attached hydrogens (primary N) is 1. The van der Waals surface area contributed by atoms with Crippen molar-refractivity contribution >= 4 is 5.82 Å². The Balaban J connectivity index is 2.23. The lowest BCUT2D eigenvalue weighted by Crippen LogP contribution is -2.09. The third kappa shape index (κ3) is 1.20. The maximum absolute atomic E-state index is 5.56. The van der Waals surface area contributed by atoms with Crippen molar-refractivity contribution < 1.29 is 0 Å². The zero-order chi connectivity index (χ0) is 7.68. The number of rotatable bonds is 1. The van der Waals surface area contributed by atoms with Crippen LogP contribution in [-0.2, 0) is 0 Å². The summed E-state index contributed by atoms with van der Waals surface area (Å²) in [5, 5.41) is 0. The van der Waals surface area contributed by atoms with Gasteiger partial charge in [0.05, 0.1) is 0 Å². The maximum Gasteiger partial charge on any atom is 0.123 e. The van der Waals surface area contributed by atoms with Gasteiger partial charge in [-0.15, -0.1) is 0 Å². The van der Waals surface area contributed by atoms with Gasteiger partial charge in [-0.25, -0.2) is 4.98 Å². The molecule has 2 rings (SSSR count). The number of hydrogen-bond donors (Lipinski definition) is 1. The minimum absolute atomic E-state index is 0.648. The van der Waals surface area contributed by atoms with Crippen LogP contribution in [0.1, 0.15) is 30.7 Å². The van der Waals surface area contributed by atoms with Crippen LogP contribution in [0.15, 0.2) is 18.3 Å². The summed E-state index contributed by atoms with van der Waals surface area (Å²) < 4.78 is 0. The summed E-state index contributed by atoms with van der Waals surface area (Å²) >= 11 is 0. The molecule has 0 spiro atoms. The van der Waals surface area contributed by atoms with E-state index in [9.17, 15) is 0 Å². The second kappa shape index (κ2) is 2.53. The van der Waals surface area contributed by atoms with E-state index in [4.69, 9.17) is 5.73 Å². The molecular formula is C9H12N2. The second-order valence-electron chi connectivity index (χ2n) is 3.14. The van der Waals surface area contributed by atoms with Crippen LogP contribution in [0, 0.1) is 0 Å². The third-order valence-corrected chi connectivity index (χ3v) is 2.38. The molecule has 2 heteroatoms. The second-order valence-corrected chi connectivity index (χ2v) is 3.14. The molecule has 58 valence electrons. The van der Waals surface area contributed by atoms with Crippen molar-refractivity contribution in [3.05, 3.63) is 23.9 Å². The molecule has 1 saturated carbocycles. The first kappa shape index (κ1) is 6.65. The molecule has 2 nitrogen and oxygen atoms in total. The molecule has 0 aromatic carbocycles. The number of aromatic nitrogens is 1. The first-order valence-corrected chi connectivity index (χ1v) is 4.08. The van der Waals surface area contributed by atoms with Crippen LogP contribution in [0.25, 0.3) is 0 Å². The highest BCUT2D eigenvalue weighted by molar-refractivity contribution is 5.34. The van der Waals surface area contributed by atoms with Crippen LogP contribution in [0.4, 0.5) is 5.82 Å². The van der Waals surface area contributed by atoms with E-state index in [1.165, 1.54) is 24.8 Å². The summed E-state index contributed by atoms with van der Waals surface area (Å²) in [4.78, 5) is 3.96. The van der Waals surface area contributed by atoms with Gasteiger partial charge in [0, 0.05) is 6.20 Å². The van der Waals surface area contributed by atoms with E-state index in [0.717, 1.165) is 5.92 Å². The molecular weight excluding hydrogens is 136 g/mol. The lowest BCUT2D eigenvalue weighted by Gasteiger charge is -2.25. The quantitative estimate of drug-likeness (QED) is 0.661. The monoisotopic (exact) mass is 148 g/mol. The first-order valence-electron chi connectivity index (χ1n) is 4.08. The number of pyridine rings is 1. The van der Waals surface area contributed by atoms with E-state index < -0.39 is 0 Å². The van der Waals surface area contributed by atoms with Crippen molar-refractivity contribution in [1.29, 1.82) is 0 Å². The molecule has 0 bridgehead atoms. The summed E-state index contributed by atoms with van der Waals surface area (Å²) in [5.74, 6) is 1.41. The third-order valence-electron chi connectivity index (χ3n) is 2.38. The summed E-state index contributed by atoms with van der Waals surface area (Å²) in [6, 6.07) is 4.06. The Bertz CT molecular complexity index is 253. The van der Waals surface area contributed by atoms with Gasteiger partial charge in [-0.2, -0.15) is 0 Å². The standard InChI is InChI=1S/C9H12N2/c10-9-6-8(4-5-11-9)7-2-1-3-7/h4-7H,1-3H2,(H2,10,11). The molecule has 1 heterocycles. The van der Waals surface area contributed by atoms with E-state index in [2.05, 4.69) is 11.1 Å². The largest absolute Gasteiger partial charge is 0.384 e. The number of hydrogen-bond acceptors (Lipinski definition) is 2. The van der Waals surface area contributed by atoms with Gasteiger partial charge in [0.15, 0.2) is 0 Å². The predicted molar refractivity (Wildman–Crippen MR) is 45.2 cm³/mol. The maximum atomic E-state index is 5.56. The van der Waals surface area contributed by atoms with E-state index in [-0.39, 0.29) is 0 Å². The molecule has 0 atom stereocenters. The van der Waals surface area contributed by atoms with E-state index >= 15 is 0 Å². The number of nitrogen functional groups attached to an aromatic ring is 1. The summed E-state index contributed by atoms with van der Waals surface area (Å²) in [6.45, 7) is 0. The average Bonchev–Trinajstić information content (AvgIpc) is 1.83. The summed E-state index contributed by atoms with van der Waals surface area (Å²) in [5.41, 5.74) is 6.93. The van der Waals surface area contributed by atoms with Crippen LogP contribution in [0.3, 0.4) is 0 Å². The van der Waals surface area contributed by atoms with Crippen LogP contribution < -0.4 is 5.73 Å². The van der Waals surface area contributed by atoms with Gasteiger partial charge in [0.2, 0.25) is 0 Å². The van der Waals surface area contributed by atoms with Crippen molar-refractivity contribution in [2.75, 3.05) is 5.73 Å². The van der Waals surface area contributed by atoms with Gasteiger partial charge in [0.1, 0.15) is 5.82 Å². The summed E-state index contributed by atoms with van der Waals surface area (Å²) in [7, 11) is 0. The molecule has 1 aromatic rings. The van der Waals surface area contributed by atoms with Gasteiger partial charge in [-0.3, -0.25) is 0 Å². The Kier molecular flexibility index (Phi) is 1.53. The van der Waals surface area contributed by atoms with Gasteiger partial charge >= 0.3 is 0 Å². The SMILES string of the molecule is Nc1cc(C2CCC2)ccn1. The van der Waals surface area contributed by atoms with Crippen molar-refractivity contribution in [3.8, 4) is 0 Å². The topological polar surface area (TPSA) is 38.9 Å². The highest BCUT2D eigenvalue weighted by atomic mass is 14.8. The zero-order valence-corrected chi connectivity index (χ0v) is 6.46. The van der Waals surface area contributed by atoms with Crippen LogP contribution in [0.5, 0.6) is 0 Å². The fourth-order valence-corrected chi connectivity index (χ4v) is 1.46. The Morgan fingerprint density at radius 3 is 2.82 bits per heavy atom. The molecule has 1 aliphatic carbocycles. The highest BCUT2D eigenvalue weighted by Crippen LogP contribution is 2.36. The Labute approximate surface area is 66.4 Å². The van der Waals surface area contributed by atoms with Crippen molar-refractivity contribution in [3.63, 3.8) is 0 Å². The molecule has 2 N–H and O–H groups in total. The zero-order valence-electron chi connectivity index (χ0n) is 6.46. The Hall–Kier alpha value is -1.05. The normalized spacial score (nSPS) is 17.8. The van der Waals surface area contributed by atoms with Gasteiger partial charge in [0.25, 0.3) is 0 Å². The van der Waals surface area contributed by atoms with Crippen LogP contribution in [0.2, 0.25) is 0 Å². The Morgan fingerprint density at radius 1 is 1.45 bits per heavy atom. The van der Waals surface area contributed by atoms with Gasteiger partial charge < -0.3 is 5.73 Å². The molecule has 0 radical (unpaired) electrons. The smallest absolute Gasteiger partial charge is 0.123 e. The molecule has 1 aliphatic rings. The van der Waals surface area contributed by atoms with E-state index in [0.29, 0.717) is 5.82 Å². The van der Waals surface area contributed by atoms with Crippen molar-refractivity contribution in [2.24, 2.45) is 0 Å². The summed E-state index contributed by atoms with van der Waals surface area (Å²) in [6.07, 6.45) is 5.81. The Morgan fingerprint density at radius 2 is 2.27 bits per heavy atom. The average molecular weight is 148 g/mol. The predicted octanol–water partition coefficient (Wildman–Crippen LogP) is 1.93. The highest BCUT2D eigenvalue weighted by Gasteiger charge is 2.19. The molecule has 0 amide bonds. The lowest BCUT2D eigenvalue weighted by molar-refractivity contribution is 0.419.